The van der Waals surface area contributed by atoms with E-state index in [-0.39, 0.29) is 5.82 Å². The van der Waals surface area contributed by atoms with Crippen molar-refractivity contribution in [1.82, 2.24) is 5.32 Å². The van der Waals surface area contributed by atoms with Crippen LogP contribution in [-0.2, 0) is 0 Å². The molecule has 0 amide bonds. The van der Waals surface area contributed by atoms with Crippen LogP contribution in [0.4, 0.5) is 4.39 Å². The van der Waals surface area contributed by atoms with Crippen LogP contribution in [0.2, 0.25) is 0 Å². The largest absolute Gasteiger partial charge is 0.491 e. The maximum absolute atomic E-state index is 13.2. The third-order valence-corrected chi connectivity index (χ3v) is 2.78. The number of hydrogen-bond donors (Lipinski definition) is 1. The Morgan fingerprint density at radius 2 is 2.27 bits per heavy atom. The lowest BCUT2D eigenvalue weighted by Gasteiger charge is -2.10. The molecule has 1 aliphatic heterocycles. The molecule has 0 unspecified atom stereocenters. The van der Waals surface area contributed by atoms with Crippen LogP contribution in [0.3, 0.4) is 0 Å². The molecule has 1 atom stereocenters. The highest BCUT2D eigenvalue weighted by Gasteiger charge is 2.14. The summed E-state index contributed by atoms with van der Waals surface area (Å²) in [6.45, 7) is 2.78. The molecule has 1 saturated heterocycles. The summed E-state index contributed by atoms with van der Waals surface area (Å²) in [7, 11) is 0. The van der Waals surface area contributed by atoms with E-state index >= 15 is 0 Å². The molecule has 2 rings (SSSR count). The van der Waals surface area contributed by atoms with Crippen LogP contribution in [0, 0.1) is 11.7 Å². The Labute approximate surface area is 89.4 Å². The molecular weight excluding hydrogens is 193 g/mol. The van der Waals surface area contributed by atoms with Crippen LogP contribution >= 0.6 is 0 Å². The lowest BCUT2D eigenvalue weighted by Crippen LogP contribution is -2.11. The van der Waals surface area contributed by atoms with Gasteiger partial charge in [0.05, 0.1) is 6.61 Å². The number of benzene rings is 1. The van der Waals surface area contributed by atoms with E-state index in [9.17, 15) is 4.39 Å². The van der Waals surface area contributed by atoms with Gasteiger partial charge in [-0.05, 0) is 44.0 Å². The lowest BCUT2D eigenvalue weighted by molar-refractivity contribution is 0.271. The molecule has 3 heteroatoms. The number of rotatable bonds is 4. The first kappa shape index (κ1) is 10.4. The number of hydrogen-bond acceptors (Lipinski definition) is 2. The zero-order valence-electron chi connectivity index (χ0n) is 8.71. The predicted molar refractivity (Wildman–Crippen MR) is 57.5 cm³/mol. The molecule has 0 saturated carbocycles. The lowest BCUT2D eigenvalue weighted by atomic mass is 10.1. The maximum atomic E-state index is 13.2. The maximum Gasteiger partial charge on any atom is 0.165 e. The third kappa shape index (κ3) is 2.93. The molecule has 0 radical (unpaired) electrons. The molecule has 0 spiro atoms. The molecule has 15 heavy (non-hydrogen) atoms. The summed E-state index contributed by atoms with van der Waals surface area (Å²) in [6, 6.07) is 6.55. The van der Waals surface area contributed by atoms with Crippen molar-refractivity contribution in [3.8, 4) is 5.75 Å². The molecule has 1 aromatic carbocycles. The van der Waals surface area contributed by atoms with Crippen molar-refractivity contribution in [3.05, 3.63) is 30.1 Å². The van der Waals surface area contributed by atoms with E-state index < -0.39 is 0 Å². The minimum atomic E-state index is -0.276. The van der Waals surface area contributed by atoms with Gasteiger partial charge in [-0.1, -0.05) is 12.1 Å². The Balaban J connectivity index is 1.75. The van der Waals surface area contributed by atoms with Crippen molar-refractivity contribution in [3.63, 3.8) is 0 Å². The van der Waals surface area contributed by atoms with Gasteiger partial charge < -0.3 is 10.1 Å². The van der Waals surface area contributed by atoms with E-state index in [1.165, 1.54) is 12.5 Å². The van der Waals surface area contributed by atoms with Crippen molar-refractivity contribution in [2.75, 3.05) is 19.7 Å². The first-order valence-electron chi connectivity index (χ1n) is 5.44. The molecule has 1 aromatic rings. The fraction of sp³-hybridized carbons (Fsp3) is 0.500. The summed E-state index contributed by atoms with van der Waals surface area (Å²) in [4.78, 5) is 0. The Kier molecular flexibility index (Phi) is 3.56. The Hall–Kier alpha value is -1.09. The van der Waals surface area contributed by atoms with Crippen LogP contribution in [0.15, 0.2) is 24.3 Å². The van der Waals surface area contributed by atoms with Crippen molar-refractivity contribution in [2.45, 2.75) is 12.8 Å². The summed E-state index contributed by atoms with van der Waals surface area (Å²) < 4.78 is 18.5. The minimum Gasteiger partial charge on any atom is -0.491 e. The molecule has 1 heterocycles. The van der Waals surface area contributed by atoms with Crippen LogP contribution in [0.25, 0.3) is 0 Å². The highest BCUT2D eigenvalue weighted by Crippen LogP contribution is 2.17. The molecule has 1 aliphatic rings. The van der Waals surface area contributed by atoms with Crippen molar-refractivity contribution in [2.24, 2.45) is 5.92 Å². The number of halogens is 1. The quantitative estimate of drug-likeness (QED) is 0.820. The highest BCUT2D eigenvalue weighted by atomic mass is 19.1. The molecule has 0 aromatic heterocycles. The van der Waals surface area contributed by atoms with E-state index in [0.717, 1.165) is 19.5 Å². The molecule has 0 aliphatic carbocycles. The van der Waals surface area contributed by atoms with E-state index in [1.807, 2.05) is 0 Å². The third-order valence-electron chi connectivity index (χ3n) is 2.78. The van der Waals surface area contributed by atoms with Gasteiger partial charge in [0.15, 0.2) is 11.6 Å². The van der Waals surface area contributed by atoms with Crippen LogP contribution < -0.4 is 10.1 Å². The van der Waals surface area contributed by atoms with Crippen molar-refractivity contribution < 1.29 is 9.13 Å². The highest BCUT2D eigenvalue weighted by molar-refractivity contribution is 5.23. The van der Waals surface area contributed by atoms with Gasteiger partial charge in [-0.2, -0.15) is 0 Å². The van der Waals surface area contributed by atoms with Crippen LogP contribution in [0.1, 0.15) is 12.8 Å². The SMILES string of the molecule is Fc1ccccc1OCC[C@@H]1CCNC1. The molecule has 0 bridgehead atoms. The topological polar surface area (TPSA) is 21.3 Å². The van der Waals surface area contributed by atoms with Gasteiger partial charge in [-0.15, -0.1) is 0 Å². The molecule has 1 N–H and O–H groups in total. The average Bonchev–Trinajstić information content (AvgIpc) is 2.74. The minimum absolute atomic E-state index is 0.276. The van der Waals surface area contributed by atoms with Gasteiger partial charge >= 0.3 is 0 Å². The van der Waals surface area contributed by atoms with Gasteiger partial charge in [0.25, 0.3) is 0 Å². The summed E-state index contributed by atoms with van der Waals surface area (Å²) in [5, 5.41) is 3.30. The van der Waals surface area contributed by atoms with Gasteiger partial charge in [0, 0.05) is 0 Å². The van der Waals surface area contributed by atoms with Crippen molar-refractivity contribution >= 4 is 0 Å². The van der Waals surface area contributed by atoms with E-state index in [2.05, 4.69) is 5.32 Å². The Morgan fingerprint density at radius 3 is 3.00 bits per heavy atom. The Bertz CT molecular complexity index is 310. The van der Waals surface area contributed by atoms with E-state index in [4.69, 9.17) is 4.74 Å². The molecule has 1 fully saturated rings. The smallest absolute Gasteiger partial charge is 0.165 e. The normalized spacial score (nSPS) is 20.5. The first-order valence-corrected chi connectivity index (χ1v) is 5.44. The van der Waals surface area contributed by atoms with Gasteiger partial charge in [0.2, 0.25) is 0 Å². The number of ether oxygens (including phenoxy) is 1. The van der Waals surface area contributed by atoms with Crippen LogP contribution in [-0.4, -0.2) is 19.7 Å². The molecule has 82 valence electrons. The summed E-state index contributed by atoms with van der Waals surface area (Å²) in [5.74, 6) is 0.780. The second-order valence-corrected chi connectivity index (χ2v) is 3.93. The average molecular weight is 209 g/mol. The number of nitrogens with one attached hydrogen (secondary N) is 1. The predicted octanol–water partition coefficient (Wildman–Crippen LogP) is 2.20. The van der Waals surface area contributed by atoms with Crippen LogP contribution in [0.5, 0.6) is 5.75 Å². The van der Waals surface area contributed by atoms with E-state index in [1.54, 1.807) is 18.2 Å². The zero-order chi connectivity index (χ0) is 10.5. The molecular formula is C12H16FNO. The molecule has 2 nitrogen and oxygen atoms in total. The zero-order valence-corrected chi connectivity index (χ0v) is 8.71. The van der Waals surface area contributed by atoms with E-state index in [0.29, 0.717) is 18.3 Å². The first-order chi connectivity index (χ1) is 7.36. The summed E-state index contributed by atoms with van der Waals surface area (Å²) in [6.07, 6.45) is 2.21. The van der Waals surface area contributed by atoms with Gasteiger partial charge in [0.1, 0.15) is 0 Å². The Morgan fingerprint density at radius 1 is 1.40 bits per heavy atom. The number of para-hydroxylation sites is 1. The standard InChI is InChI=1S/C12H16FNO/c13-11-3-1-2-4-12(11)15-8-6-10-5-7-14-9-10/h1-4,10,14H,5-9H2/t10-/m0/s1. The van der Waals surface area contributed by atoms with Crippen molar-refractivity contribution in [1.29, 1.82) is 0 Å². The fourth-order valence-corrected chi connectivity index (χ4v) is 1.86. The van der Waals surface area contributed by atoms with Gasteiger partial charge in [-0.25, -0.2) is 4.39 Å². The summed E-state index contributed by atoms with van der Waals surface area (Å²) in [5.41, 5.74) is 0. The second-order valence-electron chi connectivity index (χ2n) is 3.93. The summed E-state index contributed by atoms with van der Waals surface area (Å²) >= 11 is 0. The second kappa shape index (κ2) is 5.12. The monoisotopic (exact) mass is 209 g/mol. The van der Waals surface area contributed by atoms with Gasteiger partial charge in [-0.3, -0.25) is 0 Å². The fourth-order valence-electron chi connectivity index (χ4n) is 1.86.